The molecule has 74 valence electrons. The van der Waals surface area contributed by atoms with Crippen LogP contribution in [0.25, 0.3) is 0 Å². The van der Waals surface area contributed by atoms with Crippen molar-refractivity contribution in [2.75, 3.05) is 0 Å². The molecular formula is C5H7F2N3O2S. The first-order chi connectivity index (χ1) is 6.02. The van der Waals surface area contributed by atoms with E-state index >= 15 is 0 Å². The first-order valence-corrected chi connectivity index (χ1v) is 4.82. The zero-order valence-electron chi connectivity index (χ0n) is 6.37. The highest BCUT2D eigenvalue weighted by Crippen LogP contribution is 2.02. The van der Waals surface area contributed by atoms with Gasteiger partial charge >= 0.3 is 5.76 Å². The summed E-state index contributed by atoms with van der Waals surface area (Å²) in [7, 11) is -4.52. The Hall–Kier alpha value is -1.02. The van der Waals surface area contributed by atoms with Crippen molar-refractivity contribution < 1.29 is 17.2 Å². The van der Waals surface area contributed by atoms with E-state index in [4.69, 9.17) is 0 Å². The molecule has 0 saturated carbocycles. The third kappa shape index (κ3) is 2.74. The van der Waals surface area contributed by atoms with E-state index in [1.165, 1.54) is 12.4 Å². The fourth-order valence-electron chi connectivity index (χ4n) is 0.627. The highest BCUT2D eigenvalue weighted by atomic mass is 32.2. The predicted molar refractivity (Wildman–Crippen MR) is 40.4 cm³/mol. The van der Waals surface area contributed by atoms with Crippen molar-refractivity contribution >= 4 is 10.0 Å². The minimum absolute atomic E-state index is 0.264. The number of aromatic nitrogens is 2. The Labute approximate surface area is 73.2 Å². The van der Waals surface area contributed by atoms with Crippen LogP contribution in [-0.4, -0.2) is 24.1 Å². The third-order valence-electron chi connectivity index (χ3n) is 1.23. The Balaban J connectivity index is 2.53. The predicted octanol–water partition coefficient (Wildman–Crippen LogP) is 0.0517. The van der Waals surface area contributed by atoms with Gasteiger partial charge in [0.2, 0.25) is 0 Å². The van der Waals surface area contributed by atoms with Crippen LogP contribution in [0.15, 0.2) is 12.4 Å². The number of hydrogen-bond acceptors (Lipinski definition) is 3. The van der Waals surface area contributed by atoms with Gasteiger partial charge in [0, 0.05) is 12.4 Å². The van der Waals surface area contributed by atoms with Gasteiger partial charge in [0.05, 0.1) is 6.54 Å². The van der Waals surface area contributed by atoms with Crippen molar-refractivity contribution in [3.05, 3.63) is 18.2 Å². The molecule has 5 nitrogen and oxygen atoms in total. The van der Waals surface area contributed by atoms with Gasteiger partial charge in [-0.2, -0.15) is 8.78 Å². The molecule has 0 aliphatic rings. The van der Waals surface area contributed by atoms with Gasteiger partial charge in [-0.1, -0.05) is 0 Å². The number of nitrogens with one attached hydrogen (secondary N) is 2. The number of imidazole rings is 1. The lowest BCUT2D eigenvalue weighted by molar-refractivity contribution is 0.232. The molecule has 1 rings (SSSR count). The number of rotatable bonds is 4. The van der Waals surface area contributed by atoms with Crippen LogP contribution in [0.2, 0.25) is 0 Å². The molecule has 1 aromatic heterocycles. The second-order valence-electron chi connectivity index (χ2n) is 2.16. The van der Waals surface area contributed by atoms with E-state index in [1.54, 1.807) is 4.72 Å². The summed E-state index contributed by atoms with van der Waals surface area (Å²) < 4.78 is 46.3. The van der Waals surface area contributed by atoms with Crippen molar-refractivity contribution in [3.8, 4) is 0 Å². The zero-order valence-corrected chi connectivity index (χ0v) is 7.18. The molecule has 2 N–H and O–H groups in total. The minimum Gasteiger partial charge on any atom is -0.347 e. The third-order valence-corrected chi connectivity index (χ3v) is 2.25. The van der Waals surface area contributed by atoms with E-state index in [9.17, 15) is 17.2 Å². The fourth-order valence-corrected chi connectivity index (χ4v) is 1.09. The smallest absolute Gasteiger partial charge is 0.347 e. The highest BCUT2D eigenvalue weighted by molar-refractivity contribution is 7.89. The topological polar surface area (TPSA) is 74.8 Å². The van der Waals surface area contributed by atoms with E-state index in [-0.39, 0.29) is 12.4 Å². The van der Waals surface area contributed by atoms with Gasteiger partial charge in [-0.05, 0) is 0 Å². The first kappa shape index (κ1) is 10.1. The van der Waals surface area contributed by atoms with Gasteiger partial charge in [0.25, 0.3) is 10.0 Å². The van der Waals surface area contributed by atoms with Crippen LogP contribution in [-0.2, 0) is 16.6 Å². The molecule has 0 unspecified atom stereocenters. The van der Waals surface area contributed by atoms with Gasteiger partial charge in [0.15, 0.2) is 0 Å². The number of hydrogen-bond donors (Lipinski definition) is 2. The molecule has 1 heterocycles. The number of aromatic amines is 1. The number of halogens is 2. The summed E-state index contributed by atoms with van der Waals surface area (Å²) in [5.74, 6) is -3.13. The molecule has 0 fully saturated rings. The Bertz CT molecular complexity index is 348. The Morgan fingerprint density at radius 2 is 2.31 bits per heavy atom. The maximum Gasteiger partial charge on any atom is 0.350 e. The lowest BCUT2D eigenvalue weighted by Crippen LogP contribution is -2.29. The largest absolute Gasteiger partial charge is 0.350 e. The Morgan fingerprint density at radius 1 is 1.62 bits per heavy atom. The number of nitrogens with zero attached hydrogens (tertiary/aromatic N) is 1. The Morgan fingerprint density at radius 3 is 2.77 bits per heavy atom. The van der Waals surface area contributed by atoms with E-state index in [1.807, 2.05) is 0 Å². The maximum absolute atomic E-state index is 11.8. The van der Waals surface area contributed by atoms with Crippen LogP contribution in [0, 0.1) is 0 Å². The molecular weight excluding hydrogens is 204 g/mol. The molecule has 0 atom stereocenters. The zero-order chi connectivity index (χ0) is 9.90. The molecule has 0 amide bonds. The lowest BCUT2D eigenvalue weighted by Gasteiger charge is -2.02. The van der Waals surface area contributed by atoms with Gasteiger partial charge in [-0.25, -0.2) is 18.1 Å². The average Bonchev–Trinajstić information content (AvgIpc) is 2.52. The maximum atomic E-state index is 11.8. The summed E-state index contributed by atoms with van der Waals surface area (Å²) in [6, 6.07) is 0. The normalized spacial score (nSPS) is 12.2. The summed E-state index contributed by atoms with van der Waals surface area (Å²) in [5.41, 5.74) is 0. The quantitative estimate of drug-likeness (QED) is 0.739. The summed E-state index contributed by atoms with van der Waals surface area (Å²) in [4.78, 5) is 6.22. The Kier molecular flexibility index (Phi) is 2.94. The SMILES string of the molecule is O=S(=O)(NCc1ncc[nH]1)C(F)F. The average molecular weight is 211 g/mol. The van der Waals surface area contributed by atoms with Crippen LogP contribution >= 0.6 is 0 Å². The number of alkyl halides is 2. The molecule has 8 heteroatoms. The van der Waals surface area contributed by atoms with Crippen molar-refractivity contribution in [2.45, 2.75) is 12.3 Å². The van der Waals surface area contributed by atoms with Crippen LogP contribution in [0.5, 0.6) is 0 Å². The molecule has 1 aromatic rings. The second kappa shape index (κ2) is 3.79. The van der Waals surface area contributed by atoms with Crippen LogP contribution in [0.4, 0.5) is 8.78 Å². The van der Waals surface area contributed by atoms with Gasteiger partial charge in [-0.3, -0.25) is 0 Å². The van der Waals surface area contributed by atoms with Crippen molar-refractivity contribution in [1.29, 1.82) is 0 Å². The number of sulfonamides is 1. The van der Waals surface area contributed by atoms with E-state index in [2.05, 4.69) is 9.97 Å². The van der Waals surface area contributed by atoms with Gasteiger partial charge < -0.3 is 4.98 Å². The summed E-state index contributed by atoms with van der Waals surface area (Å²) in [6.07, 6.45) is 2.86. The molecule has 0 bridgehead atoms. The van der Waals surface area contributed by atoms with Crippen LogP contribution in [0.3, 0.4) is 0 Å². The van der Waals surface area contributed by atoms with Gasteiger partial charge in [-0.15, -0.1) is 0 Å². The standard InChI is InChI=1S/C5H7F2N3O2S/c6-5(7)13(11,12)10-3-4-8-1-2-9-4/h1-2,5,10H,3H2,(H,8,9). The summed E-state index contributed by atoms with van der Waals surface area (Å²) >= 11 is 0. The number of H-pyrrole nitrogens is 1. The van der Waals surface area contributed by atoms with Crippen LogP contribution < -0.4 is 4.72 Å². The monoisotopic (exact) mass is 211 g/mol. The van der Waals surface area contributed by atoms with E-state index < -0.39 is 15.8 Å². The minimum atomic E-state index is -4.52. The lowest BCUT2D eigenvalue weighted by atomic mass is 10.6. The van der Waals surface area contributed by atoms with Gasteiger partial charge in [0.1, 0.15) is 5.82 Å². The molecule has 0 aromatic carbocycles. The fraction of sp³-hybridized carbons (Fsp3) is 0.400. The first-order valence-electron chi connectivity index (χ1n) is 3.27. The molecule has 0 radical (unpaired) electrons. The highest BCUT2D eigenvalue weighted by Gasteiger charge is 2.23. The van der Waals surface area contributed by atoms with Crippen molar-refractivity contribution in [3.63, 3.8) is 0 Å². The summed E-state index contributed by atoms with van der Waals surface area (Å²) in [6.45, 7) is -0.264. The van der Waals surface area contributed by atoms with Crippen LogP contribution in [0.1, 0.15) is 5.82 Å². The molecule has 0 spiro atoms. The van der Waals surface area contributed by atoms with E-state index in [0.717, 1.165) is 0 Å². The van der Waals surface area contributed by atoms with Crippen molar-refractivity contribution in [1.82, 2.24) is 14.7 Å². The molecule has 0 aliphatic heterocycles. The molecule has 0 saturated heterocycles. The molecule has 0 aliphatic carbocycles. The molecule has 13 heavy (non-hydrogen) atoms. The summed E-state index contributed by atoms with van der Waals surface area (Å²) in [5, 5.41) is 0. The van der Waals surface area contributed by atoms with Crippen molar-refractivity contribution in [2.24, 2.45) is 0 Å². The van der Waals surface area contributed by atoms with E-state index in [0.29, 0.717) is 0 Å². The second-order valence-corrected chi connectivity index (χ2v) is 3.90.